The third-order valence-electron chi connectivity index (χ3n) is 6.95. The Morgan fingerprint density at radius 1 is 0.905 bits per heavy atom. The molecular weight excluding hydrogens is 550 g/mol. The number of aryl methyl sites for hydroxylation is 1. The van der Waals surface area contributed by atoms with Crippen molar-refractivity contribution in [2.75, 3.05) is 13.7 Å². The highest BCUT2D eigenvalue weighted by molar-refractivity contribution is 7.89. The number of pyridine rings is 1. The number of benzene rings is 2. The summed E-state index contributed by atoms with van der Waals surface area (Å²) in [6.45, 7) is 1.01. The average molecular weight is 580 g/mol. The molecule has 6 aromatic rings. The molecule has 4 heterocycles. The minimum absolute atomic E-state index is 0.225. The smallest absolute Gasteiger partial charge is 0.240 e. The first-order chi connectivity index (χ1) is 20.5. The van der Waals surface area contributed by atoms with E-state index in [4.69, 9.17) is 14.8 Å². The van der Waals surface area contributed by atoms with Gasteiger partial charge in [-0.1, -0.05) is 24.3 Å². The van der Waals surface area contributed by atoms with Crippen molar-refractivity contribution in [3.8, 4) is 28.1 Å². The van der Waals surface area contributed by atoms with Crippen molar-refractivity contribution in [3.63, 3.8) is 0 Å². The maximum Gasteiger partial charge on any atom is 0.240 e. The summed E-state index contributed by atoms with van der Waals surface area (Å²) < 4.78 is 38.0. The van der Waals surface area contributed by atoms with Gasteiger partial charge in [0.05, 0.1) is 29.6 Å². The first kappa shape index (κ1) is 27.3. The van der Waals surface area contributed by atoms with E-state index in [9.17, 15) is 8.42 Å². The third kappa shape index (κ3) is 5.78. The lowest BCUT2D eigenvalue weighted by Gasteiger charge is -2.10. The van der Waals surface area contributed by atoms with Gasteiger partial charge in [0.1, 0.15) is 11.4 Å². The highest BCUT2D eigenvalue weighted by Gasteiger charge is 2.20. The predicted octanol–water partition coefficient (Wildman–Crippen LogP) is 4.62. The van der Waals surface area contributed by atoms with Crippen molar-refractivity contribution in [2.24, 2.45) is 0 Å². The van der Waals surface area contributed by atoms with Crippen LogP contribution in [0.5, 0.6) is 5.75 Å². The van der Waals surface area contributed by atoms with Crippen molar-refractivity contribution in [1.29, 1.82) is 0 Å². The van der Waals surface area contributed by atoms with Crippen LogP contribution in [0, 0.1) is 0 Å². The third-order valence-corrected chi connectivity index (χ3v) is 8.41. The summed E-state index contributed by atoms with van der Waals surface area (Å²) >= 11 is 0. The van der Waals surface area contributed by atoms with Gasteiger partial charge in [-0.3, -0.25) is 4.98 Å². The van der Waals surface area contributed by atoms with Crippen LogP contribution in [0.3, 0.4) is 0 Å². The Hall–Kier alpha value is -4.87. The summed E-state index contributed by atoms with van der Waals surface area (Å²) in [4.78, 5) is 13.1. The molecule has 4 aromatic heterocycles. The summed E-state index contributed by atoms with van der Waals surface area (Å²) in [7, 11) is -2.03. The Balaban J connectivity index is 1.31. The van der Waals surface area contributed by atoms with Gasteiger partial charge in [-0.15, -0.1) is 0 Å². The van der Waals surface area contributed by atoms with E-state index in [2.05, 4.69) is 14.7 Å². The lowest BCUT2D eigenvalue weighted by atomic mass is 10.0. The van der Waals surface area contributed by atoms with E-state index in [1.165, 1.54) is 0 Å². The van der Waals surface area contributed by atoms with E-state index in [1.54, 1.807) is 56.4 Å². The van der Waals surface area contributed by atoms with E-state index >= 15 is 0 Å². The molecule has 0 aliphatic rings. The summed E-state index contributed by atoms with van der Waals surface area (Å²) in [6, 6.07) is 20.6. The Morgan fingerprint density at radius 2 is 1.76 bits per heavy atom. The van der Waals surface area contributed by atoms with Crippen molar-refractivity contribution < 1.29 is 13.2 Å². The van der Waals surface area contributed by atoms with Crippen LogP contribution in [-0.4, -0.2) is 51.2 Å². The normalized spacial score (nSPS) is 11.6. The van der Waals surface area contributed by atoms with Crippen LogP contribution in [0.25, 0.3) is 28.0 Å². The number of sulfonamides is 1. The molecule has 0 aliphatic carbocycles. The van der Waals surface area contributed by atoms with E-state index in [0.29, 0.717) is 31.6 Å². The predicted molar refractivity (Wildman–Crippen MR) is 159 cm³/mol. The van der Waals surface area contributed by atoms with E-state index < -0.39 is 10.0 Å². The zero-order chi connectivity index (χ0) is 28.9. The number of hydrogen-bond donors (Lipinski definition) is 1. The quantitative estimate of drug-likeness (QED) is 0.223. The number of nitrogens with one attached hydrogen (secondary N) is 1. The van der Waals surface area contributed by atoms with Gasteiger partial charge < -0.3 is 9.30 Å². The fourth-order valence-electron chi connectivity index (χ4n) is 4.89. The molecule has 2 aromatic carbocycles. The second-order valence-corrected chi connectivity index (χ2v) is 11.5. The van der Waals surface area contributed by atoms with Gasteiger partial charge >= 0.3 is 0 Å². The van der Waals surface area contributed by atoms with Crippen molar-refractivity contribution >= 4 is 15.7 Å². The summed E-state index contributed by atoms with van der Waals surface area (Å²) in [5.74, 6) is 0.733. The lowest BCUT2D eigenvalue weighted by Crippen LogP contribution is -2.25. The maximum atomic E-state index is 13.1. The van der Waals surface area contributed by atoms with Crippen LogP contribution in [0.4, 0.5) is 0 Å². The largest absolute Gasteiger partial charge is 0.497 e. The highest BCUT2D eigenvalue weighted by Crippen LogP contribution is 2.36. The lowest BCUT2D eigenvalue weighted by molar-refractivity contribution is 0.415. The number of aromatic nitrogens is 6. The molecule has 212 valence electrons. The van der Waals surface area contributed by atoms with Crippen molar-refractivity contribution in [2.45, 2.75) is 24.3 Å². The molecule has 42 heavy (non-hydrogen) atoms. The van der Waals surface area contributed by atoms with Crippen LogP contribution in [0.2, 0.25) is 0 Å². The molecule has 0 aliphatic heterocycles. The van der Waals surface area contributed by atoms with Gasteiger partial charge in [-0.05, 0) is 60.0 Å². The minimum atomic E-state index is -3.67. The SMILES string of the molecule is COc1cccc(-c2c(-c3ccncc3)nn3c(Cc4cccc(S(=O)(=O)NCCCn5ccnc5)c4)ccnc23)c1. The number of rotatable bonds is 11. The fourth-order valence-corrected chi connectivity index (χ4v) is 6.03. The maximum absolute atomic E-state index is 13.1. The molecular formula is C31H29N7O3S. The highest BCUT2D eigenvalue weighted by atomic mass is 32.2. The molecule has 11 heteroatoms. The summed E-state index contributed by atoms with van der Waals surface area (Å²) in [5, 5.41) is 5.00. The Labute approximate surface area is 243 Å². The van der Waals surface area contributed by atoms with Crippen LogP contribution < -0.4 is 9.46 Å². The zero-order valence-corrected chi connectivity index (χ0v) is 23.8. The Morgan fingerprint density at radius 3 is 2.57 bits per heavy atom. The van der Waals surface area contributed by atoms with Crippen LogP contribution >= 0.6 is 0 Å². The van der Waals surface area contributed by atoms with Crippen LogP contribution in [0.1, 0.15) is 17.7 Å². The molecule has 1 N–H and O–H groups in total. The van der Waals surface area contributed by atoms with Gasteiger partial charge in [0, 0.05) is 56.1 Å². The average Bonchev–Trinajstić information content (AvgIpc) is 3.69. The van der Waals surface area contributed by atoms with Gasteiger partial charge in [-0.25, -0.2) is 27.6 Å². The van der Waals surface area contributed by atoms with E-state index in [0.717, 1.165) is 39.4 Å². The van der Waals surface area contributed by atoms with Gasteiger partial charge in [0.15, 0.2) is 5.65 Å². The van der Waals surface area contributed by atoms with E-state index in [1.807, 2.05) is 63.8 Å². The minimum Gasteiger partial charge on any atom is -0.497 e. The standard InChI is InChI=1S/C31H29N7O3S/c1-41-27-7-3-6-25(21-27)29-30(24-9-13-32-14-10-24)36-38-26(11-15-34-31(29)38)19-23-5-2-8-28(20-23)42(39,40)35-12-4-17-37-18-16-33-22-37/h2-3,5-11,13-16,18,20-22,35H,4,12,17,19H2,1H3. The molecule has 6 rings (SSSR count). The Bertz CT molecular complexity index is 1920. The second-order valence-electron chi connectivity index (χ2n) is 9.74. The monoisotopic (exact) mass is 579 g/mol. The molecule has 0 saturated carbocycles. The topological polar surface area (TPSA) is 116 Å². The van der Waals surface area contributed by atoms with Gasteiger partial charge in [0.2, 0.25) is 10.0 Å². The van der Waals surface area contributed by atoms with Crippen molar-refractivity contribution in [3.05, 3.63) is 115 Å². The first-order valence-corrected chi connectivity index (χ1v) is 15.0. The van der Waals surface area contributed by atoms with Gasteiger partial charge in [0.25, 0.3) is 0 Å². The molecule has 0 saturated heterocycles. The number of fused-ring (bicyclic) bond motifs is 1. The molecule has 0 atom stereocenters. The molecule has 10 nitrogen and oxygen atoms in total. The Kier molecular flexibility index (Phi) is 7.76. The number of imidazole rings is 1. The number of nitrogens with zero attached hydrogens (tertiary/aromatic N) is 6. The zero-order valence-electron chi connectivity index (χ0n) is 23.0. The van der Waals surface area contributed by atoms with Crippen molar-refractivity contribution in [1.82, 2.24) is 33.9 Å². The second kappa shape index (κ2) is 11.9. The van der Waals surface area contributed by atoms with Crippen LogP contribution in [0.15, 0.2) is 109 Å². The summed E-state index contributed by atoms with van der Waals surface area (Å²) in [6.07, 6.45) is 11.6. The molecule has 0 unspecified atom stereocenters. The first-order valence-electron chi connectivity index (χ1n) is 13.5. The molecule has 0 fully saturated rings. The van der Waals surface area contributed by atoms with E-state index in [-0.39, 0.29) is 4.90 Å². The summed E-state index contributed by atoms with van der Waals surface area (Å²) in [5.41, 5.74) is 5.87. The number of methoxy groups -OCH3 is 1. The molecule has 0 spiro atoms. The number of ether oxygens (including phenoxy) is 1. The van der Waals surface area contributed by atoms with Crippen LogP contribution in [-0.2, 0) is 23.0 Å². The van der Waals surface area contributed by atoms with Gasteiger partial charge in [-0.2, -0.15) is 5.10 Å². The molecule has 0 amide bonds. The molecule has 0 radical (unpaired) electrons. The number of hydrogen-bond acceptors (Lipinski definition) is 7. The fraction of sp³-hybridized carbons (Fsp3) is 0.161. The molecule has 0 bridgehead atoms.